The van der Waals surface area contributed by atoms with Gasteiger partial charge in [0.1, 0.15) is 0 Å². The van der Waals surface area contributed by atoms with E-state index >= 15 is 0 Å². The summed E-state index contributed by atoms with van der Waals surface area (Å²) in [6, 6.07) is 55.0. The van der Waals surface area contributed by atoms with E-state index in [1.54, 1.807) is 0 Å². The predicted molar refractivity (Wildman–Crippen MR) is 167 cm³/mol. The highest BCUT2D eigenvalue weighted by atomic mass is 15.0. The number of nitrogens with zero attached hydrogens (tertiary/aromatic N) is 1. The Kier molecular flexibility index (Phi) is 4.89. The van der Waals surface area contributed by atoms with Crippen molar-refractivity contribution in [2.45, 2.75) is 0 Å². The molecule has 1 nitrogen and oxygen atoms in total. The van der Waals surface area contributed by atoms with E-state index in [2.05, 4.69) is 156 Å². The van der Waals surface area contributed by atoms with E-state index in [9.17, 15) is 0 Å². The van der Waals surface area contributed by atoms with Gasteiger partial charge < -0.3 is 4.57 Å². The van der Waals surface area contributed by atoms with Crippen LogP contribution in [0.1, 0.15) is 0 Å². The summed E-state index contributed by atoms with van der Waals surface area (Å²) >= 11 is 0. The molecule has 7 aromatic carbocycles. The molecule has 0 fully saturated rings. The third-order valence-corrected chi connectivity index (χ3v) is 7.96. The van der Waals surface area contributed by atoms with Crippen LogP contribution in [-0.4, -0.2) is 4.57 Å². The smallest absolute Gasteiger partial charge is 0.0540 e. The first-order valence-corrected chi connectivity index (χ1v) is 13.5. The number of hydrogen-bond donors (Lipinski definition) is 0. The summed E-state index contributed by atoms with van der Waals surface area (Å²) in [7, 11) is 0. The third kappa shape index (κ3) is 3.48. The summed E-state index contributed by atoms with van der Waals surface area (Å²) in [6.45, 7) is 0. The molecule has 0 spiro atoms. The largest absolute Gasteiger partial charge is 0.309 e. The molecule has 8 aromatic rings. The highest BCUT2D eigenvalue weighted by Gasteiger charge is 2.14. The quantitative estimate of drug-likeness (QED) is 0.215. The van der Waals surface area contributed by atoms with Gasteiger partial charge in [0.2, 0.25) is 0 Å². The molecule has 0 aliphatic heterocycles. The van der Waals surface area contributed by atoms with E-state index in [1.165, 1.54) is 65.6 Å². The topological polar surface area (TPSA) is 4.93 Å². The molecular weight excluding hydrogens is 470 g/mol. The molecule has 0 radical (unpaired) electrons. The second kappa shape index (κ2) is 8.72. The number of hydrogen-bond acceptors (Lipinski definition) is 0. The van der Waals surface area contributed by atoms with Crippen molar-refractivity contribution in [1.29, 1.82) is 0 Å². The lowest BCUT2D eigenvalue weighted by atomic mass is 9.92. The molecule has 0 N–H and O–H groups in total. The van der Waals surface area contributed by atoms with Crippen LogP contribution in [0.4, 0.5) is 0 Å². The van der Waals surface area contributed by atoms with Gasteiger partial charge in [-0.3, -0.25) is 0 Å². The van der Waals surface area contributed by atoms with Gasteiger partial charge in [-0.15, -0.1) is 0 Å². The zero-order valence-corrected chi connectivity index (χ0v) is 21.4. The minimum absolute atomic E-state index is 1.16. The zero-order valence-electron chi connectivity index (χ0n) is 21.4. The van der Waals surface area contributed by atoms with Gasteiger partial charge in [0, 0.05) is 11.1 Å². The van der Waals surface area contributed by atoms with Crippen LogP contribution < -0.4 is 0 Å². The molecule has 182 valence electrons. The average Bonchev–Trinajstić information content (AvgIpc) is 3.41. The van der Waals surface area contributed by atoms with Gasteiger partial charge in [0.15, 0.2) is 0 Å². The molecule has 1 aromatic heterocycles. The zero-order chi connectivity index (χ0) is 25.8. The van der Waals surface area contributed by atoms with Crippen LogP contribution in [0.25, 0.3) is 71.3 Å². The van der Waals surface area contributed by atoms with E-state index in [1.807, 2.05) is 0 Å². The Morgan fingerprint density at radius 1 is 0.333 bits per heavy atom. The van der Waals surface area contributed by atoms with E-state index < -0.39 is 0 Å². The van der Waals surface area contributed by atoms with Crippen LogP contribution in [0, 0.1) is 0 Å². The molecule has 0 saturated carbocycles. The molecule has 0 bridgehead atoms. The van der Waals surface area contributed by atoms with Gasteiger partial charge in [0.05, 0.1) is 11.2 Å². The molecule has 1 heteroatoms. The highest BCUT2D eigenvalue weighted by Crippen LogP contribution is 2.38. The Morgan fingerprint density at radius 3 is 1.64 bits per heavy atom. The summed E-state index contributed by atoms with van der Waals surface area (Å²) < 4.78 is 2.39. The lowest BCUT2D eigenvalue weighted by Crippen LogP contribution is -1.97. The average molecular weight is 496 g/mol. The monoisotopic (exact) mass is 495 g/mol. The van der Waals surface area contributed by atoms with E-state index in [-0.39, 0.29) is 0 Å². The van der Waals surface area contributed by atoms with Gasteiger partial charge in [-0.1, -0.05) is 121 Å². The normalized spacial score (nSPS) is 11.6. The summed E-state index contributed by atoms with van der Waals surface area (Å²) in [5, 5.41) is 9.05. The molecule has 0 atom stereocenters. The van der Waals surface area contributed by atoms with Crippen molar-refractivity contribution in [2.75, 3.05) is 0 Å². The number of para-hydroxylation sites is 1. The van der Waals surface area contributed by atoms with Crippen molar-refractivity contribution >= 4 is 43.2 Å². The Balaban J connectivity index is 1.35. The van der Waals surface area contributed by atoms with Gasteiger partial charge >= 0.3 is 0 Å². The standard InChI is InChI=1S/C38H25N/c1-2-11-26(12-3-1)38-25-29-13-4-9-20-37(29)39(38)30-15-10-14-27(23-30)28-21-22-35-33-18-6-5-16-31(33)32-17-7-8-19-34(32)36(35)24-28/h1-25H. The third-order valence-electron chi connectivity index (χ3n) is 7.96. The first-order valence-electron chi connectivity index (χ1n) is 13.5. The van der Waals surface area contributed by atoms with Crippen LogP contribution in [-0.2, 0) is 0 Å². The maximum Gasteiger partial charge on any atom is 0.0540 e. The van der Waals surface area contributed by atoms with Crippen molar-refractivity contribution in [1.82, 2.24) is 4.57 Å². The Labute approximate surface area is 227 Å². The second-order valence-corrected chi connectivity index (χ2v) is 10.2. The lowest BCUT2D eigenvalue weighted by Gasteiger charge is -2.14. The molecular formula is C38H25N. The molecule has 0 aliphatic rings. The number of benzene rings is 7. The SMILES string of the molecule is c1ccc(-c2cc3ccccc3n2-c2cccc(-c3ccc4c5ccccc5c5ccccc5c4c3)c2)cc1. The van der Waals surface area contributed by atoms with Crippen LogP contribution in [0.2, 0.25) is 0 Å². The summed E-state index contributed by atoms with van der Waals surface area (Å²) in [6.07, 6.45) is 0. The summed E-state index contributed by atoms with van der Waals surface area (Å²) in [5.74, 6) is 0. The van der Waals surface area contributed by atoms with Crippen LogP contribution >= 0.6 is 0 Å². The second-order valence-electron chi connectivity index (χ2n) is 10.2. The molecule has 0 aliphatic carbocycles. The Bertz CT molecular complexity index is 2130. The Hall–Kier alpha value is -5.14. The van der Waals surface area contributed by atoms with Crippen molar-refractivity contribution in [3.63, 3.8) is 0 Å². The minimum atomic E-state index is 1.16. The predicted octanol–water partition coefficient (Wildman–Crippen LogP) is 10.4. The fraction of sp³-hybridized carbons (Fsp3) is 0. The molecule has 39 heavy (non-hydrogen) atoms. The fourth-order valence-corrected chi connectivity index (χ4v) is 6.17. The lowest BCUT2D eigenvalue weighted by molar-refractivity contribution is 1.13. The van der Waals surface area contributed by atoms with Crippen molar-refractivity contribution < 1.29 is 0 Å². The van der Waals surface area contributed by atoms with Gasteiger partial charge in [0.25, 0.3) is 0 Å². The van der Waals surface area contributed by atoms with E-state index in [0.717, 1.165) is 5.69 Å². The van der Waals surface area contributed by atoms with Crippen LogP contribution in [0.3, 0.4) is 0 Å². The Morgan fingerprint density at radius 2 is 0.897 bits per heavy atom. The fourth-order valence-electron chi connectivity index (χ4n) is 6.17. The van der Waals surface area contributed by atoms with Gasteiger partial charge in [-0.25, -0.2) is 0 Å². The minimum Gasteiger partial charge on any atom is -0.309 e. The molecule has 0 saturated heterocycles. The summed E-state index contributed by atoms with van der Waals surface area (Å²) in [4.78, 5) is 0. The molecule has 0 amide bonds. The first kappa shape index (κ1) is 21.9. The number of rotatable bonds is 3. The maximum atomic E-state index is 2.39. The number of aromatic nitrogens is 1. The highest BCUT2D eigenvalue weighted by molar-refractivity contribution is 6.25. The van der Waals surface area contributed by atoms with E-state index in [0.29, 0.717) is 0 Å². The maximum absolute atomic E-state index is 2.39. The van der Waals surface area contributed by atoms with Crippen molar-refractivity contribution in [3.05, 3.63) is 152 Å². The van der Waals surface area contributed by atoms with Crippen LogP contribution in [0.5, 0.6) is 0 Å². The van der Waals surface area contributed by atoms with Gasteiger partial charge in [-0.05, 0) is 79.3 Å². The molecule has 8 rings (SSSR count). The van der Waals surface area contributed by atoms with E-state index in [4.69, 9.17) is 0 Å². The molecule has 1 heterocycles. The van der Waals surface area contributed by atoms with Crippen molar-refractivity contribution in [2.24, 2.45) is 0 Å². The number of fused-ring (bicyclic) bond motifs is 7. The van der Waals surface area contributed by atoms with Crippen LogP contribution in [0.15, 0.2) is 152 Å². The van der Waals surface area contributed by atoms with Gasteiger partial charge in [-0.2, -0.15) is 0 Å². The van der Waals surface area contributed by atoms with Crippen molar-refractivity contribution in [3.8, 4) is 28.1 Å². The summed E-state index contributed by atoms with van der Waals surface area (Å²) in [5.41, 5.74) is 7.22. The first-order chi connectivity index (χ1) is 19.3. The molecule has 0 unspecified atom stereocenters.